The number of hydrogen-bond donors (Lipinski definition) is 2. The Labute approximate surface area is 117 Å². The Bertz CT molecular complexity index is 583. The number of aromatic nitrogens is 2. The summed E-state index contributed by atoms with van der Waals surface area (Å²) in [5.41, 5.74) is 1.54. The Morgan fingerprint density at radius 3 is 2.94 bits per heavy atom. The normalized spacial score (nSPS) is 10.6. The van der Waals surface area contributed by atoms with Crippen LogP contribution >= 0.6 is 27.5 Å². The minimum atomic E-state index is -0.857. The quantitative estimate of drug-likeness (QED) is 0.902. The predicted octanol–water partition coefficient (Wildman–Crippen LogP) is 3.51. The number of rotatable bonds is 4. The molecule has 2 aromatic rings. The van der Waals surface area contributed by atoms with E-state index in [0.29, 0.717) is 23.1 Å². The minimum Gasteiger partial charge on any atom is -0.481 e. The van der Waals surface area contributed by atoms with Crippen LogP contribution in [0.1, 0.15) is 12.1 Å². The summed E-state index contributed by atoms with van der Waals surface area (Å²) in [6.45, 7) is 0. The number of halogens is 2. The summed E-state index contributed by atoms with van der Waals surface area (Å²) in [5.74, 6) is -0.216. The van der Waals surface area contributed by atoms with E-state index >= 15 is 0 Å². The van der Waals surface area contributed by atoms with Crippen LogP contribution in [0.4, 0.5) is 0 Å². The monoisotopic (exact) mass is 328 g/mol. The van der Waals surface area contributed by atoms with Gasteiger partial charge in [-0.15, -0.1) is 0 Å². The van der Waals surface area contributed by atoms with Crippen LogP contribution in [0.3, 0.4) is 0 Å². The van der Waals surface area contributed by atoms with Gasteiger partial charge in [-0.1, -0.05) is 39.7 Å². The van der Waals surface area contributed by atoms with Crippen LogP contribution < -0.4 is 0 Å². The van der Waals surface area contributed by atoms with Crippen LogP contribution in [0.15, 0.2) is 28.7 Å². The third-order valence-electron chi connectivity index (χ3n) is 2.42. The number of H-pyrrole nitrogens is 1. The zero-order valence-electron chi connectivity index (χ0n) is 9.28. The van der Waals surface area contributed by atoms with Crippen molar-refractivity contribution in [3.05, 3.63) is 39.6 Å². The summed E-state index contributed by atoms with van der Waals surface area (Å²) < 4.78 is 0.944. The van der Waals surface area contributed by atoms with Gasteiger partial charge in [0.25, 0.3) is 0 Å². The van der Waals surface area contributed by atoms with Crippen molar-refractivity contribution in [2.24, 2.45) is 0 Å². The lowest BCUT2D eigenvalue weighted by atomic mass is 10.2. The smallest absolute Gasteiger partial charge is 0.303 e. The predicted molar refractivity (Wildman–Crippen MR) is 72.7 cm³/mol. The first-order valence-corrected chi connectivity index (χ1v) is 6.45. The summed E-state index contributed by atoms with van der Waals surface area (Å²) in [7, 11) is 0. The molecule has 0 saturated carbocycles. The van der Waals surface area contributed by atoms with E-state index in [1.807, 2.05) is 24.3 Å². The molecule has 0 spiro atoms. The van der Waals surface area contributed by atoms with Crippen molar-refractivity contribution in [2.75, 3.05) is 0 Å². The molecule has 1 heterocycles. The SMILES string of the molecule is O=C(O)CCc1[nH]c(-c2cccc(Br)c2)nc1Cl. The maximum Gasteiger partial charge on any atom is 0.303 e. The highest BCUT2D eigenvalue weighted by atomic mass is 79.9. The first kappa shape index (κ1) is 13.1. The van der Waals surface area contributed by atoms with Gasteiger partial charge in [-0.2, -0.15) is 0 Å². The molecule has 0 unspecified atom stereocenters. The van der Waals surface area contributed by atoms with Gasteiger partial charge in [-0.25, -0.2) is 4.98 Å². The Morgan fingerprint density at radius 1 is 1.50 bits per heavy atom. The second-order valence-corrected chi connectivity index (χ2v) is 5.03. The fourth-order valence-corrected chi connectivity index (χ4v) is 2.18. The Balaban J connectivity index is 2.25. The maximum atomic E-state index is 10.5. The molecule has 0 saturated heterocycles. The molecule has 0 radical (unpaired) electrons. The van der Waals surface area contributed by atoms with Crippen molar-refractivity contribution in [2.45, 2.75) is 12.8 Å². The summed E-state index contributed by atoms with van der Waals surface area (Å²) >= 11 is 9.35. The molecule has 6 heteroatoms. The van der Waals surface area contributed by atoms with Crippen LogP contribution in [0, 0.1) is 0 Å². The fraction of sp³-hybridized carbons (Fsp3) is 0.167. The van der Waals surface area contributed by atoms with E-state index < -0.39 is 5.97 Å². The molecule has 0 fully saturated rings. The van der Waals surface area contributed by atoms with Gasteiger partial charge in [0.2, 0.25) is 0 Å². The molecule has 2 N–H and O–H groups in total. The number of benzene rings is 1. The molecular weight excluding hydrogens is 320 g/mol. The Kier molecular flexibility index (Phi) is 4.04. The summed E-state index contributed by atoms with van der Waals surface area (Å²) in [6.07, 6.45) is 0.370. The summed E-state index contributed by atoms with van der Waals surface area (Å²) in [4.78, 5) is 17.8. The van der Waals surface area contributed by atoms with Crippen LogP contribution in [-0.2, 0) is 11.2 Å². The molecule has 4 nitrogen and oxygen atoms in total. The van der Waals surface area contributed by atoms with E-state index in [1.165, 1.54) is 0 Å². The number of carboxylic acids is 1. The second kappa shape index (κ2) is 5.54. The van der Waals surface area contributed by atoms with Gasteiger partial charge in [0.1, 0.15) is 5.82 Å². The topological polar surface area (TPSA) is 66.0 Å². The number of aryl methyl sites for hydroxylation is 1. The van der Waals surface area contributed by atoms with Gasteiger partial charge < -0.3 is 10.1 Å². The van der Waals surface area contributed by atoms with Crippen LogP contribution in [0.25, 0.3) is 11.4 Å². The Morgan fingerprint density at radius 2 is 2.28 bits per heavy atom. The van der Waals surface area contributed by atoms with Gasteiger partial charge in [0, 0.05) is 16.5 Å². The van der Waals surface area contributed by atoms with Crippen molar-refractivity contribution >= 4 is 33.5 Å². The minimum absolute atomic E-state index is 0.0276. The van der Waals surface area contributed by atoms with E-state index in [-0.39, 0.29) is 6.42 Å². The number of nitrogens with one attached hydrogen (secondary N) is 1. The van der Waals surface area contributed by atoms with Gasteiger partial charge in [0.05, 0.1) is 12.1 Å². The van der Waals surface area contributed by atoms with Crippen LogP contribution in [0.2, 0.25) is 5.15 Å². The molecule has 94 valence electrons. The fourth-order valence-electron chi connectivity index (χ4n) is 1.56. The van der Waals surface area contributed by atoms with E-state index in [1.54, 1.807) is 0 Å². The van der Waals surface area contributed by atoms with Crippen molar-refractivity contribution in [1.29, 1.82) is 0 Å². The lowest BCUT2D eigenvalue weighted by Gasteiger charge is -1.97. The van der Waals surface area contributed by atoms with E-state index in [0.717, 1.165) is 10.0 Å². The molecule has 1 aromatic heterocycles. The highest BCUT2D eigenvalue weighted by Crippen LogP contribution is 2.24. The molecule has 18 heavy (non-hydrogen) atoms. The van der Waals surface area contributed by atoms with Gasteiger partial charge in [-0.05, 0) is 12.1 Å². The molecule has 0 aliphatic carbocycles. The van der Waals surface area contributed by atoms with Crippen molar-refractivity contribution in [1.82, 2.24) is 9.97 Å². The Hall–Kier alpha value is -1.33. The average Bonchev–Trinajstić information content (AvgIpc) is 2.68. The van der Waals surface area contributed by atoms with E-state index in [4.69, 9.17) is 16.7 Å². The standard InChI is InChI=1S/C12H10BrClN2O2/c13-8-3-1-2-7(6-8)12-15-9(11(14)16-12)4-5-10(17)18/h1-3,6H,4-5H2,(H,15,16)(H,17,18). The van der Waals surface area contributed by atoms with Crippen LogP contribution in [-0.4, -0.2) is 21.0 Å². The molecule has 0 amide bonds. The largest absolute Gasteiger partial charge is 0.481 e. The number of imidazole rings is 1. The number of carbonyl (C=O) groups is 1. The van der Waals surface area contributed by atoms with Gasteiger partial charge in [-0.3, -0.25) is 4.79 Å². The maximum absolute atomic E-state index is 10.5. The average molecular weight is 330 g/mol. The first-order valence-electron chi connectivity index (χ1n) is 5.28. The van der Waals surface area contributed by atoms with Crippen LogP contribution in [0.5, 0.6) is 0 Å². The van der Waals surface area contributed by atoms with E-state index in [2.05, 4.69) is 25.9 Å². The molecule has 0 bridgehead atoms. The second-order valence-electron chi connectivity index (χ2n) is 3.76. The number of aliphatic carboxylic acids is 1. The lowest BCUT2D eigenvalue weighted by molar-refractivity contribution is -0.136. The highest BCUT2D eigenvalue weighted by molar-refractivity contribution is 9.10. The summed E-state index contributed by atoms with van der Waals surface area (Å²) in [6, 6.07) is 7.63. The van der Waals surface area contributed by atoms with Gasteiger partial charge in [0.15, 0.2) is 5.15 Å². The zero-order valence-corrected chi connectivity index (χ0v) is 11.6. The molecule has 0 atom stereocenters. The molecule has 1 aromatic carbocycles. The third kappa shape index (κ3) is 3.11. The third-order valence-corrected chi connectivity index (χ3v) is 3.22. The molecular formula is C12H10BrClN2O2. The molecule has 0 aliphatic heterocycles. The number of nitrogens with zero attached hydrogens (tertiary/aromatic N) is 1. The molecule has 0 aliphatic rings. The first-order chi connectivity index (χ1) is 8.56. The number of aromatic amines is 1. The van der Waals surface area contributed by atoms with Gasteiger partial charge >= 0.3 is 5.97 Å². The van der Waals surface area contributed by atoms with E-state index in [9.17, 15) is 4.79 Å². The number of carboxylic acid groups (broad SMARTS) is 1. The van der Waals surface area contributed by atoms with Crippen molar-refractivity contribution < 1.29 is 9.90 Å². The molecule has 2 rings (SSSR count). The van der Waals surface area contributed by atoms with Crippen molar-refractivity contribution in [3.63, 3.8) is 0 Å². The highest BCUT2D eigenvalue weighted by Gasteiger charge is 2.11. The summed E-state index contributed by atoms with van der Waals surface area (Å²) in [5, 5.41) is 8.97. The zero-order chi connectivity index (χ0) is 13.1. The van der Waals surface area contributed by atoms with Crippen molar-refractivity contribution in [3.8, 4) is 11.4 Å². The lowest BCUT2D eigenvalue weighted by Crippen LogP contribution is -1.98. The number of hydrogen-bond acceptors (Lipinski definition) is 2.